The first-order chi connectivity index (χ1) is 56.6. The molecule has 4 nitrogen and oxygen atoms in total. The maximum absolute atomic E-state index is 2.68. The third kappa shape index (κ3) is 10.3. The third-order valence-electron chi connectivity index (χ3n) is 26.6. The SMILES string of the molecule is CC(C)(C)c1ccc2c(c1)c1cc(C(C)(C)C)ccc1n2-c1ccc2c(c1)N(c1ccc3c4ccccc4c4ccccc4c3c1)c1cc(-c3ccc4c5ccccc5c5ccccc5c4c3)cc3c1B2c1ccc(-n2c4ccc(C(C)(C)C)cc4c4cc(C(C)(C)C)ccc42)cc1N3c1ccc2c3ccccc3c3ccccc3c2c1. The van der Waals surface area contributed by atoms with Gasteiger partial charge in [-0.15, -0.1) is 0 Å². The van der Waals surface area contributed by atoms with E-state index in [1.807, 2.05) is 0 Å². The van der Waals surface area contributed by atoms with E-state index in [0.717, 1.165) is 56.6 Å². The van der Waals surface area contributed by atoms with Crippen LogP contribution in [0.3, 0.4) is 0 Å². The fourth-order valence-electron chi connectivity index (χ4n) is 20.6. The van der Waals surface area contributed by atoms with Gasteiger partial charge in [0.2, 0.25) is 0 Å². The molecule has 2 aromatic heterocycles. The Morgan fingerprint density at radius 1 is 0.188 bits per heavy atom. The molecule has 2 aliphatic heterocycles. The minimum Gasteiger partial charge on any atom is -0.311 e. The number of rotatable bonds is 5. The highest BCUT2D eigenvalue weighted by molar-refractivity contribution is 7.00. The third-order valence-corrected chi connectivity index (χ3v) is 26.6. The molecule has 2 aliphatic rings. The van der Waals surface area contributed by atoms with E-state index in [1.165, 1.54) is 179 Å². The number of anilines is 6. The van der Waals surface area contributed by atoms with Crippen LogP contribution >= 0.6 is 0 Å². The van der Waals surface area contributed by atoms with Crippen LogP contribution in [0, 0.1) is 0 Å². The Labute approximate surface area is 683 Å². The fraction of sp³-hybridized carbons (Fsp3) is 0.143. The van der Waals surface area contributed by atoms with E-state index < -0.39 is 0 Å². The van der Waals surface area contributed by atoms with Crippen LogP contribution in [0.15, 0.2) is 322 Å². The number of aromatic nitrogens is 2. The van der Waals surface area contributed by atoms with Crippen LogP contribution in [0.1, 0.15) is 105 Å². The highest BCUT2D eigenvalue weighted by Crippen LogP contribution is 2.52. The van der Waals surface area contributed by atoms with Gasteiger partial charge in [0.1, 0.15) is 0 Å². The molecule has 23 rings (SSSR count). The molecule has 0 atom stereocenters. The summed E-state index contributed by atoms with van der Waals surface area (Å²) < 4.78 is 5.14. The van der Waals surface area contributed by atoms with Gasteiger partial charge in [0, 0.05) is 67.0 Å². The normalized spacial score (nSPS) is 13.4. The van der Waals surface area contributed by atoms with Crippen LogP contribution in [-0.4, -0.2) is 15.8 Å². The largest absolute Gasteiger partial charge is 0.311 e. The minimum absolute atomic E-state index is 0.0614. The van der Waals surface area contributed by atoms with Crippen LogP contribution in [-0.2, 0) is 21.7 Å². The quantitative estimate of drug-likeness (QED) is 0.126. The maximum atomic E-state index is 2.68. The van der Waals surface area contributed by atoms with Gasteiger partial charge < -0.3 is 18.9 Å². The lowest BCUT2D eigenvalue weighted by atomic mass is 9.33. The first-order valence-electron chi connectivity index (χ1n) is 41.8. The van der Waals surface area contributed by atoms with Gasteiger partial charge in [-0.2, -0.15) is 0 Å². The van der Waals surface area contributed by atoms with Gasteiger partial charge in [-0.3, -0.25) is 0 Å². The second kappa shape index (κ2) is 24.7. The lowest BCUT2D eigenvalue weighted by molar-refractivity contribution is 0.590. The van der Waals surface area contributed by atoms with Crippen molar-refractivity contribution in [3.05, 3.63) is 344 Å². The predicted octanol–water partition coefficient (Wildman–Crippen LogP) is 29.2. The van der Waals surface area contributed by atoms with E-state index in [4.69, 9.17) is 0 Å². The van der Waals surface area contributed by atoms with Gasteiger partial charge in [-0.1, -0.05) is 289 Å². The average molecular weight is 1500 g/mol. The summed E-state index contributed by atoms with van der Waals surface area (Å²) in [7, 11) is 0. The van der Waals surface area contributed by atoms with Crippen molar-refractivity contribution in [1.82, 2.24) is 9.13 Å². The minimum atomic E-state index is -0.240. The summed E-state index contributed by atoms with van der Waals surface area (Å²) in [6.45, 7) is 27.8. The highest BCUT2D eigenvalue weighted by atomic mass is 15.2. The molecule has 0 N–H and O–H groups in total. The lowest BCUT2D eigenvalue weighted by Gasteiger charge is -2.45. The molecule has 0 amide bonds. The molecule has 0 bridgehead atoms. The molecule has 0 fully saturated rings. The van der Waals surface area contributed by atoms with E-state index in [-0.39, 0.29) is 28.4 Å². The summed E-state index contributed by atoms with van der Waals surface area (Å²) in [5.41, 5.74) is 24.8. The van der Waals surface area contributed by atoms with Crippen molar-refractivity contribution in [2.45, 2.75) is 105 Å². The summed E-state index contributed by atoms with van der Waals surface area (Å²) in [4.78, 5) is 5.36. The standard InChI is InChI=1S/C112H89BN4/c1-109(2,3)68-38-51-100-94(58-68)95-59-69(110(4,5)6)39-52-101(95)114(100)74-44-49-98-104(64-74)116(72-42-47-89-83-32-17-14-26-77(83)80-29-20-23-35-86(80)92(89)62-72)106-56-67(66-37-46-88-82-31-16-13-25-76(82)79-28-19-22-34-85(79)91(88)55-66)57-107-108(106)113(98)99-50-45-75(115-102-53-40-70(111(7,8)9)60-96(102)97-61-71(112(10,11)12)41-54-103(97)115)65-105(99)117(107)73-43-48-90-84-33-18-15-27-78(84)81-30-21-24-36-87(81)93(90)63-73/h13-65H,1-12H3. The first-order valence-corrected chi connectivity index (χ1v) is 41.8. The molecule has 5 heteroatoms. The average Bonchev–Trinajstić information content (AvgIpc) is 0.884. The monoisotopic (exact) mass is 1500 g/mol. The molecule has 560 valence electrons. The van der Waals surface area contributed by atoms with Crippen LogP contribution in [0.4, 0.5) is 34.1 Å². The van der Waals surface area contributed by atoms with Gasteiger partial charge >= 0.3 is 0 Å². The van der Waals surface area contributed by atoms with Gasteiger partial charge in [-0.05, 0) is 284 Å². The van der Waals surface area contributed by atoms with Crippen molar-refractivity contribution >= 4 is 198 Å². The topological polar surface area (TPSA) is 16.3 Å². The van der Waals surface area contributed by atoms with Crippen LogP contribution in [0.25, 0.3) is 163 Å². The van der Waals surface area contributed by atoms with Crippen molar-refractivity contribution < 1.29 is 0 Å². The Bertz CT molecular complexity index is 7320. The molecular formula is C112H89BN4. The van der Waals surface area contributed by atoms with Crippen molar-refractivity contribution in [3.8, 4) is 22.5 Å². The second-order valence-corrected chi connectivity index (χ2v) is 37.6. The Morgan fingerprint density at radius 2 is 0.444 bits per heavy atom. The zero-order chi connectivity index (χ0) is 79.2. The van der Waals surface area contributed by atoms with Crippen LogP contribution in [0.2, 0.25) is 0 Å². The fourth-order valence-corrected chi connectivity index (χ4v) is 20.6. The lowest BCUT2D eigenvalue weighted by Crippen LogP contribution is -2.61. The number of hydrogen-bond donors (Lipinski definition) is 0. The van der Waals surface area contributed by atoms with E-state index in [2.05, 4.69) is 424 Å². The van der Waals surface area contributed by atoms with Crippen molar-refractivity contribution in [3.63, 3.8) is 0 Å². The predicted molar refractivity (Wildman–Crippen MR) is 507 cm³/mol. The van der Waals surface area contributed by atoms with Gasteiger partial charge in [-0.25, -0.2) is 0 Å². The second-order valence-electron chi connectivity index (χ2n) is 37.6. The van der Waals surface area contributed by atoms with Gasteiger partial charge in [0.05, 0.1) is 22.1 Å². The molecular weight excluding hydrogens is 1410 g/mol. The Kier molecular flexibility index (Phi) is 14.6. The molecule has 21 aromatic rings. The first kappa shape index (κ1) is 69.3. The molecule has 19 aromatic carbocycles. The number of hydrogen-bond acceptors (Lipinski definition) is 2. The molecule has 117 heavy (non-hydrogen) atoms. The summed E-state index contributed by atoms with van der Waals surface area (Å²) in [6.07, 6.45) is 0. The molecule has 0 spiro atoms. The Balaban J connectivity index is 0.869. The Morgan fingerprint density at radius 3 is 0.735 bits per heavy atom. The highest BCUT2D eigenvalue weighted by Gasteiger charge is 2.45. The van der Waals surface area contributed by atoms with Crippen LogP contribution in [0.5, 0.6) is 0 Å². The molecule has 0 radical (unpaired) electrons. The van der Waals surface area contributed by atoms with Crippen LogP contribution < -0.4 is 26.2 Å². The van der Waals surface area contributed by atoms with Gasteiger partial charge in [0.25, 0.3) is 6.71 Å². The van der Waals surface area contributed by atoms with E-state index in [0.29, 0.717) is 0 Å². The van der Waals surface area contributed by atoms with Crippen molar-refractivity contribution in [2.75, 3.05) is 9.80 Å². The van der Waals surface area contributed by atoms with Crippen molar-refractivity contribution in [1.29, 1.82) is 0 Å². The summed E-state index contributed by atoms with van der Waals surface area (Å²) in [6, 6.07) is 125. The van der Waals surface area contributed by atoms with E-state index in [9.17, 15) is 0 Å². The molecule has 0 saturated carbocycles. The summed E-state index contributed by atoms with van der Waals surface area (Å²) in [5, 5.41) is 27.5. The Hall–Kier alpha value is -13.2. The van der Waals surface area contributed by atoms with Gasteiger partial charge in [0.15, 0.2) is 0 Å². The molecule has 4 heterocycles. The number of fused-ring (bicyclic) bond motifs is 28. The van der Waals surface area contributed by atoms with E-state index in [1.54, 1.807) is 0 Å². The maximum Gasteiger partial charge on any atom is 0.252 e. The molecule has 0 aliphatic carbocycles. The summed E-state index contributed by atoms with van der Waals surface area (Å²) in [5.74, 6) is 0. The zero-order valence-corrected chi connectivity index (χ0v) is 68.5. The molecule has 0 saturated heterocycles. The number of nitrogens with zero attached hydrogens (tertiary/aromatic N) is 4. The van der Waals surface area contributed by atoms with E-state index >= 15 is 0 Å². The summed E-state index contributed by atoms with van der Waals surface area (Å²) >= 11 is 0. The number of benzene rings is 19. The smallest absolute Gasteiger partial charge is 0.252 e. The molecule has 0 unspecified atom stereocenters. The zero-order valence-electron chi connectivity index (χ0n) is 68.5. The van der Waals surface area contributed by atoms with Crippen molar-refractivity contribution in [2.24, 2.45) is 0 Å².